The molecule has 0 radical (unpaired) electrons. The Balaban J connectivity index is 1.32. The molecule has 0 N–H and O–H groups in total. The topological polar surface area (TPSA) is 78.0 Å². The number of nitrogens with zero attached hydrogens (tertiary/aromatic N) is 3. The van der Waals surface area contributed by atoms with Gasteiger partial charge in [-0.2, -0.15) is 4.31 Å². The summed E-state index contributed by atoms with van der Waals surface area (Å²) in [6, 6.07) is 6.71. The molecule has 0 bridgehead atoms. The molecule has 8 heteroatoms. The van der Waals surface area contributed by atoms with Gasteiger partial charge in [0.2, 0.25) is 21.8 Å². The van der Waals surface area contributed by atoms with Gasteiger partial charge in [0.15, 0.2) is 0 Å². The zero-order chi connectivity index (χ0) is 21.8. The zero-order valence-corrected chi connectivity index (χ0v) is 18.7. The Morgan fingerprint density at radius 3 is 1.97 bits per heavy atom. The number of carbonyl (C=O) groups is 2. The van der Waals surface area contributed by atoms with Gasteiger partial charge in [-0.3, -0.25) is 9.59 Å². The lowest BCUT2D eigenvalue weighted by molar-refractivity contribution is -0.138. The van der Waals surface area contributed by atoms with Crippen LogP contribution in [0.2, 0.25) is 0 Å². The van der Waals surface area contributed by atoms with E-state index >= 15 is 0 Å². The number of sulfonamides is 1. The van der Waals surface area contributed by atoms with Crippen LogP contribution in [-0.4, -0.2) is 73.6 Å². The second kappa shape index (κ2) is 9.53. The van der Waals surface area contributed by atoms with E-state index in [1.807, 2.05) is 4.90 Å². The normalized spacial score (nSPS) is 21.3. The predicted octanol–water partition coefficient (Wildman–Crippen LogP) is 2.35. The van der Waals surface area contributed by atoms with Gasteiger partial charge in [0.05, 0.1) is 4.90 Å². The van der Waals surface area contributed by atoms with Crippen molar-refractivity contribution in [2.24, 2.45) is 5.92 Å². The van der Waals surface area contributed by atoms with Crippen molar-refractivity contribution in [3.05, 3.63) is 35.9 Å². The van der Waals surface area contributed by atoms with E-state index in [9.17, 15) is 18.0 Å². The van der Waals surface area contributed by atoms with Crippen LogP contribution in [0, 0.1) is 5.92 Å². The summed E-state index contributed by atoms with van der Waals surface area (Å²) in [5.41, 5.74) is 0.783. The summed E-state index contributed by atoms with van der Waals surface area (Å²) in [7, 11) is -3.46. The predicted molar refractivity (Wildman–Crippen MR) is 119 cm³/mol. The number of hydrogen-bond acceptors (Lipinski definition) is 4. The molecule has 1 aromatic carbocycles. The van der Waals surface area contributed by atoms with Crippen molar-refractivity contribution in [3.8, 4) is 0 Å². The van der Waals surface area contributed by atoms with E-state index in [-0.39, 0.29) is 17.7 Å². The molecule has 2 heterocycles. The van der Waals surface area contributed by atoms with E-state index in [0.29, 0.717) is 44.2 Å². The Kier molecular flexibility index (Phi) is 6.77. The van der Waals surface area contributed by atoms with Crippen molar-refractivity contribution in [1.29, 1.82) is 0 Å². The summed E-state index contributed by atoms with van der Waals surface area (Å²) in [5, 5.41) is 0. The number of benzene rings is 1. The number of hydrogen-bond donors (Lipinski definition) is 0. The smallest absolute Gasteiger partial charge is 0.246 e. The minimum Gasteiger partial charge on any atom is -0.339 e. The van der Waals surface area contributed by atoms with Gasteiger partial charge in [0.1, 0.15) is 0 Å². The second-order valence-electron chi connectivity index (χ2n) is 8.65. The Morgan fingerprint density at radius 1 is 0.806 bits per heavy atom. The monoisotopic (exact) mass is 445 g/mol. The molecule has 1 aromatic rings. The first-order valence-electron chi connectivity index (χ1n) is 11.3. The third-order valence-corrected chi connectivity index (χ3v) is 8.24. The van der Waals surface area contributed by atoms with Crippen molar-refractivity contribution in [2.45, 2.75) is 43.4 Å². The highest BCUT2D eigenvalue weighted by Crippen LogP contribution is 2.31. The Morgan fingerprint density at radius 2 is 1.39 bits per heavy atom. The lowest BCUT2D eigenvalue weighted by atomic mass is 10.2. The van der Waals surface area contributed by atoms with Gasteiger partial charge in [0.25, 0.3) is 0 Å². The van der Waals surface area contributed by atoms with Gasteiger partial charge in [0, 0.05) is 51.3 Å². The van der Waals surface area contributed by atoms with Gasteiger partial charge in [-0.25, -0.2) is 8.42 Å². The highest BCUT2D eigenvalue weighted by Gasteiger charge is 2.35. The number of carbonyl (C=O) groups excluding carboxylic acids is 2. The molecule has 168 valence electrons. The van der Waals surface area contributed by atoms with Crippen LogP contribution < -0.4 is 0 Å². The van der Waals surface area contributed by atoms with E-state index in [0.717, 1.165) is 44.1 Å². The van der Waals surface area contributed by atoms with Crippen LogP contribution in [0.3, 0.4) is 0 Å². The minimum absolute atomic E-state index is 0.0835. The largest absolute Gasteiger partial charge is 0.339 e. The lowest BCUT2D eigenvalue weighted by Gasteiger charge is -2.34. The minimum atomic E-state index is -3.46. The quantitative estimate of drug-likeness (QED) is 0.652. The fourth-order valence-electron chi connectivity index (χ4n) is 4.19. The van der Waals surface area contributed by atoms with E-state index in [4.69, 9.17) is 0 Å². The first-order valence-corrected chi connectivity index (χ1v) is 12.8. The standard InChI is InChI=1S/C23H31N3O4S/c27-22(24-15-17-25(18-16-24)23(28)20-8-9-20)12-7-19-5-10-21(11-6-19)31(29,30)26-13-3-1-2-4-14-26/h5-7,10-12,20H,1-4,8-9,13-18H2/b12-7+. The highest BCUT2D eigenvalue weighted by molar-refractivity contribution is 7.89. The Hall–Kier alpha value is -2.19. The van der Waals surface area contributed by atoms with Crippen LogP contribution in [0.4, 0.5) is 0 Å². The number of piperazine rings is 1. The zero-order valence-electron chi connectivity index (χ0n) is 17.9. The van der Waals surface area contributed by atoms with Crippen LogP contribution in [0.5, 0.6) is 0 Å². The van der Waals surface area contributed by atoms with Crippen LogP contribution in [0.15, 0.2) is 35.2 Å². The van der Waals surface area contributed by atoms with Gasteiger partial charge in [-0.1, -0.05) is 25.0 Å². The number of rotatable bonds is 5. The molecule has 31 heavy (non-hydrogen) atoms. The Bertz CT molecular complexity index is 922. The van der Waals surface area contributed by atoms with E-state index in [2.05, 4.69) is 0 Å². The summed E-state index contributed by atoms with van der Waals surface area (Å²) in [6.07, 6.45) is 9.21. The van der Waals surface area contributed by atoms with Gasteiger partial charge in [-0.05, 0) is 49.5 Å². The van der Waals surface area contributed by atoms with Crippen molar-refractivity contribution in [2.75, 3.05) is 39.3 Å². The van der Waals surface area contributed by atoms with Crippen molar-refractivity contribution < 1.29 is 18.0 Å². The lowest BCUT2D eigenvalue weighted by Crippen LogP contribution is -2.50. The van der Waals surface area contributed by atoms with Crippen molar-refractivity contribution in [1.82, 2.24) is 14.1 Å². The summed E-state index contributed by atoms with van der Waals surface area (Å²) in [5.74, 6) is 0.367. The van der Waals surface area contributed by atoms with Crippen molar-refractivity contribution >= 4 is 27.9 Å². The van der Waals surface area contributed by atoms with Crippen LogP contribution in [0.25, 0.3) is 6.08 Å². The van der Waals surface area contributed by atoms with E-state index in [1.165, 1.54) is 6.08 Å². The Labute approximate surface area is 184 Å². The summed E-state index contributed by atoms with van der Waals surface area (Å²) >= 11 is 0. The van der Waals surface area contributed by atoms with Gasteiger partial charge in [-0.15, -0.1) is 0 Å². The molecule has 0 atom stereocenters. The molecule has 4 rings (SSSR count). The van der Waals surface area contributed by atoms with Gasteiger partial charge < -0.3 is 9.80 Å². The number of amides is 2. The molecule has 0 unspecified atom stereocenters. The molecule has 2 amide bonds. The average molecular weight is 446 g/mol. The first-order chi connectivity index (χ1) is 14.9. The van der Waals surface area contributed by atoms with E-state index in [1.54, 1.807) is 39.5 Å². The molecule has 3 aliphatic rings. The molecule has 2 saturated heterocycles. The third-order valence-electron chi connectivity index (χ3n) is 6.33. The van der Waals surface area contributed by atoms with Crippen LogP contribution >= 0.6 is 0 Å². The molecule has 0 aromatic heterocycles. The van der Waals surface area contributed by atoms with E-state index < -0.39 is 10.0 Å². The molecular formula is C23H31N3O4S. The molecule has 1 saturated carbocycles. The molecule has 0 spiro atoms. The third kappa shape index (κ3) is 5.36. The fourth-order valence-corrected chi connectivity index (χ4v) is 5.71. The van der Waals surface area contributed by atoms with Crippen molar-refractivity contribution in [3.63, 3.8) is 0 Å². The molecular weight excluding hydrogens is 414 g/mol. The first kappa shape index (κ1) is 22.0. The van der Waals surface area contributed by atoms with Crippen LogP contribution in [-0.2, 0) is 19.6 Å². The van der Waals surface area contributed by atoms with Crippen LogP contribution in [0.1, 0.15) is 44.1 Å². The molecule has 3 fully saturated rings. The highest BCUT2D eigenvalue weighted by atomic mass is 32.2. The maximum Gasteiger partial charge on any atom is 0.246 e. The summed E-state index contributed by atoms with van der Waals surface area (Å²) in [6.45, 7) is 3.45. The second-order valence-corrected chi connectivity index (χ2v) is 10.6. The molecule has 1 aliphatic carbocycles. The maximum atomic E-state index is 12.9. The SMILES string of the molecule is O=C(/C=C/c1ccc(S(=O)(=O)N2CCCCCC2)cc1)N1CCN(C(=O)C2CC2)CC1. The summed E-state index contributed by atoms with van der Waals surface area (Å²) in [4.78, 5) is 28.5. The molecule has 2 aliphatic heterocycles. The molecule has 7 nitrogen and oxygen atoms in total. The summed E-state index contributed by atoms with van der Waals surface area (Å²) < 4.78 is 27.3. The fraction of sp³-hybridized carbons (Fsp3) is 0.565. The van der Waals surface area contributed by atoms with Gasteiger partial charge >= 0.3 is 0 Å². The average Bonchev–Trinajstić information content (AvgIpc) is 3.65. The maximum absolute atomic E-state index is 12.9.